The molecular weight excluding hydrogens is 252 g/mol. The fourth-order valence-electron chi connectivity index (χ4n) is 2.24. The van der Waals surface area contributed by atoms with Gasteiger partial charge in [0.25, 0.3) is 0 Å². The summed E-state index contributed by atoms with van der Waals surface area (Å²) in [5.41, 5.74) is 8.32. The van der Waals surface area contributed by atoms with Gasteiger partial charge in [0, 0.05) is 0 Å². The molecule has 0 aliphatic rings. The quantitative estimate of drug-likeness (QED) is 0.763. The summed E-state index contributed by atoms with van der Waals surface area (Å²) >= 11 is 0. The number of benzene rings is 1. The predicted octanol–water partition coefficient (Wildman–Crippen LogP) is 3.12. The van der Waals surface area contributed by atoms with Gasteiger partial charge < -0.3 is 15.5 Å². The van der Waals surface area contributed by atoms with Gasteiger partial charge >= 0.3 is 0 Å². The smallest absolute Gasteiger partial charge is 0.150 e. The Morgan fingerprint density at radius 3 is 3.00 bits per heavy atom. The number of nitrogens with two attached hydrogens (primary N) is 1. The first-order chi connectivity index (χ1) is 9.66. The highest BCUT2D eigenvalue weighted by Gasteiger charge is 2.12. The highest BCUT2D eigenvalue weighted by molar-refractivity contribution is 6.08. The molecule has 104 valence electrons. The number of ether oxygens (including phenoxy) is 1. The number of hydrogen-bond acceptors (Lipinski definition) is 4. The number of nitrogens with zero attached hydrogens (tertiary/aromatic N) is 2. The molecule has 0 fully saturated rings. The lowest BCUT2D eigenvalue weighted by molar-refractivity contribution is 0.293. The number of nitrogen functional groups attached to an aromatic ring is 1. The monoisotopic (exact) mass is 270 g/mol. The van der Waals surface area contributed by atoms with E-state index in [1.165, 1.54) is 0 Å². The minimum Gasteiger partial charge on any atom is -0.493 e. The van der Waals surface area contributed by atoms with Crippen LogP contribution < -0.4 is 10.5 Å². The Balaban J connectivity index is 2.10. The standard InChI is InChI=1S/C15H18N4O/c1-9(2)6-7-20-11-5-3-4-10-12(11)13-14(15(16)19-10)18-8-17-13/h3-5,8-9H,6-7H2,1-2H3,(H2,16,19)(H,17,18). The molecule has 5 nitrogen and oxygen atoms in total. The summed E-state index contributed by atoms with van der Waals surface area (Å²) in [7, 11) is 0. The van der Waals surface area contributed by atoms with Gasteiger partial charge in [0.2, 0.25) is 0 Å². The van der Waals surface area contributed by atoms with E-state index in [2.05, 4.69) is 28.8 Å². The van der Waals surface area contributed by atoms with E-state index < -0.39 is 0 Å². The molecule has 0 saturated carbocycles. The predicted molar refractivity (Wildman–Crippen MR) is 80.8 cm³/mol. The molecule has 0 unspecified atom stereocenters. The number of anilines is 1. The van der Waals surface area contributed by atoms with Crippen LogP contribution in [0.25, 0.3) is 21.9 Å². The Morgan fingerprint density at radius 1 is 1.35 bits per heavy atom. The van der Waals surface area contributed by atoms with E-state index in [-0.39, 0.29) is 0 Å². The first-order valence-electron chi connectivity index (χ1n) is 6.81. The van der Waals surface area contributed by atoms with E-state index >= 15 is 0 Å². The van der Waals surface area contributed by atoms with Crippen molar-refractivity contribution < 1.29 is 4.74 Å². The van der Waals surface area contributed by atoms with Crippen LogP contribution in [-0.2, 0) is 0 Å². The average molecular weight is 270 g/mol. The Morgan fingerprint density at radius 2 is 2.20 bits per heavy atom. The van der Waals surface area contributed by atoms with Crippen LogP contribution in [0.3, 0.4) is 0 Å². The van der Waals surface area contributed by atoms with Crippen molar-refractivity contribution in [2.24, 2.45) is 5.92 Å². The van der Waals surface area contributed by atoms with Crippen LogP contribution >= 0.6 is 0 Å². The van der Waals surface area contributed by atoms with Crippen molar-refractivity contribution in [1.82, 2.24) is 15.0 Å². The number of aromatic nitrogens is 3. The molecule has 3 aromatic rings. The van der Waals surface area contributed by atoms with Crippen LogP contribution in [0.2, 0.25) is 0 Å². The fraction of sp³-hybridized carbons (Fsp3) is 0.333. The summed E-state index contributed by atoms with van der Waals surface area (Å²) in [6.45, 7) is 5.05. The SMILES string of the molecule is CC(C)CCOc1cccc2nc(N)c3[nH]cnc3c12. The number of hydrogen-bond donors (Lipinski definition) is 2. The molecule has 2 aromatic heterocycles. The third-order valence-electron chi connectivity index (χ3n) is 3.33. The van der Waals surface area contributed by atoms with Gasteiger partial charge in [-0.25, -0.2) is 9.97 Å². The van der Waals surface area contributed by atoms with Crippen LogP contribution in [0.1, 0.15) is 20.3 Å². The Labute approximate surface area is 117 Å². The molecule has 1 aromatic carbocycles. The third-order valence-corrected chi connectivity index (χ3v) is 3.33. The van der Waals surface area contributed by atoms with E-state index in [9.17, 15) is 0 Å². The molecule has 0 spiro atoms. The van der Waals surface area contributed by atoms with E-state index in [1.54, 1.807) is 6.33 Å². The van der Waals surface area contributed by atoms with Gasteiger partial charge in [-0.15, -0.1) is 0 Å². The first kappa shape index (κ1) is 12.7. The molecule has 0 saturated heterocycles. The molecule has 0 aliphatic heterocycles. The third kappa shape index (κ3) is 2.15. The molecule has 0 aliphatic carbocycles. The summed E-state index contributed by atoms with van der Waals surface area (Å²) < 4.78 is 5.91. The van der Waals surface area contributed by atoms with Gasteiger partial charge in [0.05, 0.1) is 23.8 Å². The van der Waals surface area contributed by atoms with Crippen molar-refractivity contribution in [3.8, 4) is 5.75 Å². The Bertz CT molecular complexity index is 748. The normalized spacial score (nSPS) is 11.6. The van der Waals surface area contributed by atoms with Crippen molar-refractivity contribution in [2.45, 2.75) is 20.3 Å². The van der Waals surface area contributed by atoms with Gasteiger partial charge in [-0.3, -0.25) is 0 Å². The van der Waals surface area contributed by atoms with Crippen LogP contribution in [0.4, 0.5) is 5.82 Å². The summed E-state index contributed by atoms with van der Waals surface area (Å²) in [4.78, 5) is 11.8. The Hall–Kier alpha value is -2.30. The highest BCUT2D eigenvalue weighted by Crippen LogP contribution is 2.32. The zero-order valence-electron chi connectivity index (χ0n) is 11.7. The highest BCUT2D eigenvalue weighted by atomic mass is 16.5. The lowest BCUT2D eigenvalue weighted by Gasteiger charge is -2.11. The minimum atomic E-state index is 0.462. The number of H-pyrrole nitrogens is 1. The topological polar surface area (TPSA) is 76.8 Å². The van der Waals surface area contributed by atoms with Crippen molar-refractivity contribution >= 4 is 27.8 Å². The minimum absolute atomic E-state index is 0.462. The van der Waals surface area contributed by atoms with Gasteiger partial charge in [-0.1, -0.05) is 19.9 Å². The molecule has 0 radical (unpaired) electrons. The number of nitrogens with one attached hydrogen (secondary N) is 1. The molecular formula is C15H18N4O. The van der Waals surface area contributed by atoms with Crippen molar-refractivity contribution in [3.05, 3.63) is 24.5 Å². The van der Waals surface area contributed by atoms with Crippen molar-refractivity contribution in [3.63, 3.8) is 0 Å². The molecule has 0 amide bonds. The van der Waals surface area contributed by atoms with Crippen molar-refractivity contribution in [2.75, 3.05) is 12.3 Å². The molecule has 5 heteroatoms. The largest absolute Gasteiger partial charge is 0.493 e. The zero-order valence-corrected chi connectivity index (χ0v) is 11.7. The zero-order chi connectivity index (χ0) is 14.1. The van der Waals surface area contributed by atoms with Crippen LogP contribution in [0.5, 0.6) is 5.75 Å². The summed E-state index contributed by atoms with van der Waals surface area (Å²) in [6.07, 6.45) is 2.65. The van der Waals surface area contributed by atoms with Gasteiger partial charge in [0.15, 0.2) is 0 Å². The van der Waals surface area contributed by atoms with Crippen molar-refractivity contribution in [1.29, 1.82) is 0 Å². The molecule has 3 N–H and O–H groups in total. The number of fused-ring (bicyclic) bond motifs is 3. The molecule has 2 heterocycles. The van der Waals surface area contributed by atoms with Crippen LogP contribution in [0.15, 0.2) is 24.5 Å². The molecule has 0 atom stereocenters. The lowest BCUT2D eigenvalue weighted by atomic mass is 10.1. The lowest BCUT2D eigenvalue weighted by Crippen LogP contribution is -2.02. The average Bonchev–Trinajstić information content (AvgIpc) is 2.88. The number of pyridine rings is 1. The number of aromatic amines is 1. The fourth-order valence-corrected chi connectivity index (χ4v) is 2.24. The van der Waals surface area contributed by atoms with E-state index in [0.29, 0.717) is 18.3 Å². The maximum Gasteiger partial charge on any atom is 0.150 e. The second-order valence-corrected chi connectivity index (χ2v) is 5.30. The number of rotatable bonds is 4. The van der Waals surface area contributed by atoms with Crippen LogP contribution in [-0.4, -0.2) is 21.6 Å². The summed E-state index contributed by atoms with van der Waals surface area (Å²) in [5, 5.41) is 0.918. The van der Waals surface area contributed by atoms with Gasteiger partial charge in [-0.05, 0) is 24.5 Å². The van der Waals surface area contributed by atoms with E-state index in [0.717, 1.165) is 34.1 Å². The first-order valence-corrected chi connectivity index (χ1v) is 6.81. The van der Waals surface area contributed by atoms with Gasteiger partial charge in [-0.2, -0.15) is 0 Å². The molecule has 0 bridgehead atoms. The van der Waals surface area contributed by atoms with E-state index in [1.807, 2.05) is 18.2 Å². The molecule has 3 rings (SSSR count). The molecule has 20 heavy (non-hydrogen) atoms. The van der Waals surface area contributed by atoms with Gasteiger partial charge in [0.1, 0.15) is 22.6 Å². The second kappa shape index (κ2) is 5.00. The summed E-state index contributed by atoms with van der Waals surface area (Å²) in [6, 6.07) is 5.81. The maximum absolute atomic E-state index is 5.93. The van der Waals surface area contributed by atoms with Crippen LogP contribution in [0, 0.1) is 5.92 Å². The number of imidazole rings is 1. The second-order valence-electron chi connectivity index (χ2n) is 5.30. The Kier molecular flexibility index (Phi) is 3.18. The summed E-state index contributed by atoms with van der Waals surface area (Å²) in [5.74, 6) is 1.89. The van der Waals surface area contributed by atoms with E-state index in [4.69, 9.17) is 10.5 Å². The maximum atomic E-state index is 5.93.